The summed E-state index contributed by atoms with van der Waals surface area (Å²) in [6.45, 7) is 5.52. The van der Waals surface area contributed by atoms with Gasteiger partial charge in [0.2, 0.25) is 24.8 Å². The van der Waals surface area contributed by atoms with Gasteiger partial charge < -0.3 is 48.4 Å². The number of nitro groups is 1. The van der Waals surface area contributed by atoms with Crippen molar-refractivity contribution in [2.24, 2.45) is 22.9 Å². The Morgan fingerprint density at radius 1 is 0.945 bits per heavy atom. The fourth-order valence-electron chi connectivity index (χ4n) is 11.0. The van der Waals surface area contributed by atoms with Crippen molar-refractivity contribution in [3.8, 4) is 23.0 Å². The van der Waals surface area contributed by atoms with Gasteiger partial charge in [-0.2, -0.15) is 0 Å². The number of carbonyl (C=O) groups excluding carboxylic acids is 1. The normalized spacial score (nSPS) is 24.2. The highest BCUT2D eigenvalue weighted by atomic mass is 32.2. The fourth-order valence-corrected chi connectivity index (χ4v) is 11.8. The van der Waals surface area contributed by atoms with Gasteiger partial charge in [-0.05, 0) is 128 Å². The molecule has 5 aliphatic rings. The van der Waals surface area contributed by atoms with Crippen LogP contribution in [0.2, 0.25) is 0 Å². The number of fused-ring (bicyclic) bond motifs is 3. The van der Waals surface area contributed by atoms with Crippen LogP contribution in [0.25, 0.3) is 6.08 Å². The van der Waals surface area contributed by atoms with Crippen molar-refractivity contribution in [2.45, 2.75) is 99.7 Å². The number of hydrogen-bond acceptors (Lipinski definition) is 14. The first-order chi connectivity index (χ1) is 35.8. The Morgan fingerprint density at radius 2 is 1.74 bits per heavy atom. The molecule has 2 N–H and O–H groups in total. The minimum atomic E-state index is -1.54. The fraction of sp³-hybridized carbons (Fsp3) is 0.439. The van der Waals surface area contributed by atoms with E-state index < -0.39 is 29.0 Å². The number of nitro benzene ring substituents is 1. The number of non-ortho nitro benzene ring substituents is 1. The highest BCUT2D eigenvalue weighted by molar-refractivity contribution is 7.99. The number of aliphatic hydroxyl groups excluding tert-OH is 2. The van der Waals surface area contributed by atoms with E-state index in [2.05, 4.69) is 30.9 Å². The van der Waals surface area contributed by atoms with E-state index in [-0.39, 0.29) is 68.9 Å². The minimum absolute atomic E-state index is 0.000115. The smallest absolute Gasteiger partial charge is 0.269 e. The molecule has 73 heavy (non-hydrogen) atoms. The van der Waals surface area contributed by atoms with Gasteiger partial charge in [0.25, 0.3) is 5.69 Å². The molecule has 0 radical (unpaired) electrons. The van der Waals surface area contributed by atoms with Gasteiger partial charge in [0, 0.05) is 72.9 Å². The Kier molecular flexibility index (Phi) is 17.5. The second-order valence-corrected chi connectivity index (χ2v) is 20.2. The van der Waals surface area contributed by atoms with Gasteiger partial charge in [0.15, 0.2) is 11.5 Å². The lowest BCUT2D eigenvalue weighted by Gasteiger charge is -2.60. The van der Waals surface area contributed by atoms with Gasteiger partial charge in [0.05, 0.1) is 36.4 Å². The number of unbranched alkanes of at least 4 members (excludes halogenated alkanes) is 2. The molecule has 4 aromatic carbocycles. The van der Waals surface area contributed by atoms with Gasteiger partial charge >= 0.3 is 0 Å². The lowest BCUT2D eigenvalue weighted by Crippen LogP contribution is -2.70. The topological polar surface area (TPSA) is 181 Å². The minimum Gasteiger partial charge on any atom is -0.493 e. The zero-order valence-electron chi connectivity index (χ0n) is 41.1. The largest absolute Gasteiger partial charge is 0.493 e. The maximum atomic E-state index is 15.4. The van der Waals surface area contributed by atoms with Crippen molar-refractivity contribution in [3.63, 3.8) is 0 Å². The lowest BCUT2D eigenvalue weighted by molar-refractivity contribution is -0.384. The Morgan fingerprint density at radius 3 is 2.51 bits per heavy atom. The number of oxime groups is 1. The standard InChI is InChI=1S/C57H65N3O12S/c1-2-29-70-57-52(59(37-40-19-24-50-51(33-40)69-38-68-50)53(63)26-20-39-17-21-42(22-18-39)60(64)65)36-48(58-72-54-16-8-11-30-67-54)46-34-41(12-6-9-27-61)45(15-7-10-28-62)55(56(46)57)47-35-43(23-25-49(47)71-57)66-31-32-73-44-13-4-3-5-14-44/h2-5,13-14,17-26,33-35,41,45,52,54-56,61-62H,1,6-12,15-16,27-32,36-38H2/t41-,45+,52-,54?,55+,56+,57+/m0/s1. The summed E-state index contributed by atoms with van der Waals surface area (Å²) in [4.78, 5) is 35.8. The zero-order valence-corrected chi connectivity index (χ0v) is 41.9. The predicted molar refractivity (Wildman–Crippen MR) is 278 cm³/mol. The molecule has 3 aliphatic heterocycles. The van der Waals surface area contributed by atoms with Crippen LogP contribution in [0.3, 0.4) is 0 Å². The number of nitrogens with zero attached hydrogens (tertiary/aromatic N) is 3. The summed E-state index contributed by atoms with van der Waals surface area (Å²) < 4.78 is 38.8. The van der Waals surface area contributed by atoms with E-state index in [0.717, 1.165) is 65.9 Å². The summed E-state index contributed by atoms with van der Waals surface area (Å²) >= 11 is 1.73. The van der Waals surface area contributed by atoms with E-state index in [0.29, 0.717) is 66.7 Å². The SMILES string of the molecule is C=CCO[C@@]12Oc3ccc(OCCSc4ccccc4)cc3[C@H]3[C@H](CCCCO)[C@@H](CCCCO)C=C(C(=NOC4CCCCO4)C[C@@H]1N(Cc1ccc4c(c1)OCO4)C(=O)C=Cc1ccc([N+](=O)[O-])cc1)[C@H]32. The van der Waals surface area contributed by atoms with Crippen LogP contribution in [0.5, 0.6) is 23.0 Å². The molecule has 9 rings (SSSR count). The molecular weight excluding hydrogens is 951 g/mol. The van der Waals surface area contributed by atoms with Gasteiger partial charge in [-0.1, -0.05) is 54.4 Å². The first-order valence-corrected chi connectivity index (χ1v) is 26.5. The first-order valence-electron chi connectivity index (χ1n) is 25.6. The van der Waals surface area contributed by atoms with Crippen molar-refractivity contribution in [1.29, 1.82) is 0 Å². The summed E-state index contributed by atoms with van der Waals surface area (Å²) in [7, 11) is 0. The zero-order chi connectivity index (χ0) is 50.6. The molecule has 0 bridgehead atoms. The third-order valence-corrected chi connectivity index (χ3v) is 15.4. The molecule has 386 valence electrons. The Bertz CT molecular complexity index is 2620. The Hall–Kier alpha value is -6.17. The number of thioether (sulfide) groups is 1. The molecule has 2 fully saturated rings. The average molecular weight is 1020 g/mol. The monoisotopic (exact) mass is 1020 g/mol. The number of amides is 1. The van der Waals surface area contributed by atoms with Crippen LogP contribution in [0.4, 0.5) is 5.69 Å². The number of rotatable bonds is 24. The molecule has 1 saturated heterocycles. The lowest BCUT2D eigenvalue weighted by atomic mass is 9.55. The number of benzene rings is 4. The molecule has 7 atom stereocenters. The molecule has 1 saturated carbocycles. The molecule has 0 aromatic heterocycles. The van der Waals surface area contributed by atoms with Crippen LogP contribution in [0, 0.1) is 27.9 Å². The van der Waals surface area contributed by atoms with Crippen LogP contribution in [-0.4, -0.2) is 95.4 Å². The maximum Gasteiger partial charge on any atom is 0.269 e. The molecule has 3 heterocycles. The number of carbonyl (C=O) groups is 1. The van der Waals surface area contributed by atoms with E-state index >= 15 is 4.79 Å². The summed E-state index contributed by atoms with van der Waals surface area (Å²) in [5.74, 6) is 0.500. The Labute approximate surface area is 430 Å². The van der Waals surface area contributed by atoms with Crippen molar-refractivity contribution < 1.29 is 53.2 Å². The number of aliphatic hydroxyl groups is 2. The van der Waals surface area contributed by atoms with E-state index in [9.17, 15) is 20.3 Å². The van der Waals surface area contributed by atoms with Crippen LogP contribution in [-0.2, 0) is 25.7 Å². The summed E-state index contributed by atoms with van der Waals surface area (Å²) in [5.41, 5.74) is 3.81. The van der Waals surface area contributed by atoms with Crippen LogP contribution in [0.15, 0.2) is 131 Å². The van der Waals surface area contributed by atoms with Gasteiger partial charge in [-0.3, -0.25) is 14.9 Å². The van der Waals surface area contributed by atoms with Gasteiger partial charge in [0.1, 0.15) is 17.5 Å². The van der Waals surface area contributed by atoms with Crippen molar-refractivity contribution in [1.82, 2.24) is 4.90 Å². The third kappa shape index (κ3) is 12.1. The summed E-state index contributed by atoms with van der Waals surface area (Å²) in [5, 5.41) is 36.7. The average Bonchev–Trinajstić information content (AvgIpc) is 3.90. The molecule has 4 aromatic rings. The van der Waals surface area contributed by atoms with E-state index in [1.807, 2.05) is 48.5 Å². The first kappa shape index (κ1) is 51.7. The number of ether oxygens (including phenoxy) is 6. The second-order valence-electron chi connectivity index (χ2n) is 19.0. The van der Waals surface area contributed by atoms with Gasteiger partial charge in [-0.25, -0.2) is 0 Å². The summed E-state index contributed by atoms with van der Waals surface area (Å²) in [6.07, 6.45) is 13.7. The second kappa shape index (κ2) is 24.7. The van der Waals surface area contributed by atoms with Crippen LogP contribution < -0.4 is 18.9 Å². The molecule has 2 aliphatic carbocycles. The highest BCUT2D eigenvalue weighted by Crippen LogP contribution is 2.62. The summed E-state index contributed by atoms with van der Waals surface area (Å²) in [6, 6.07) is 27.0. The van der Waals surface area contributed by atoms with Crippen molar-refractivity contribution >= 4 is 35.1 Å². The molecule has 1 amide bonds. The quantitative estimate of drug-likeness (QED) is 0.0169. The third-order valence-electron chi connectivity index (χ3n) is 14.4. The van der Waals surface area contributed by atoms with E-state index in [4.69, 9.17) is 38.4 Å². The van der Waals surface area contributed by atoms with E-state index in [1.165, 1.54) is 18.2 Å². The van der Waals surface area contributed by atoms with Crippen molar-refractivity contribution in [2.75, 3.05) is 45.6 Å². The molecule has 0 spiro atoms. The Balaban J connectivity index is 1.20. The highest BCUT2D eigenvalue weighted by Gasteiger charge is 2.65. The predicted octanol–water partition coefficient (Wildman–Crippen LogP) is 10.4. The van der Waals surface area contributed by atoms with Gasteiger partial charge in [-0.15, -0.1) is 18.3 Å². The molecule has 15 nitrogen and oxygen atoms in total. The molecule has 1 unspecified atom stereocenters. The van der Waals surface area contributed by atoms with Crippen LogP contribution >= 0.6 is 11.8 Å². The number of allylic oxidation sites excluding steroid dienone is 1. The maximum absolute atomic E-state index is 15.4. The van der Waals surface area contributed by atoms with E-state index in [1.54, 1.807) is 40.9 Å². The van der Waals surface area contributed by atoms with Crippen molar-refractivity contribution in [3.05, 3.63) is 148 Å². The molecular formula is C57H65N3O12S. The van der Waals surface area contributed by atoms with Crippen LogP contribution in [0.1, 0.15) is 86.8 Å². The number of hydrogen-bond donors (Lipinski definition) is 2. The molecule has 16 heteroatoms.